The fraction of sp³-hybridized carbons (Fsp3) is 0.357. The van der Waals surface area contributed by atoms with Crippen LogP contribution in [0.2, 0.25) is 0 Å². The van der Waals surface area contributed by atoms with Crippen LogP contribution in [0.4, 0.5) is 0 Å². The summed E-state index contributed by atoms with van der Waals surface area (Å²) < 4.78 is 6.02. The number of fused-ring (bicyclic) bond motifs is 2. The largest absolute Gasteiger partial charge is 0.492 e. The summed E-state index contributed by atoms with van der Waals surface area (Å²) in [6.45, 7) is 6.78. The van der Waals surface area contributed by atoms with E-state index in [1.807, 2.05) is 24.3 Å². The van der Waals surface area contributed by atoms with Gasteiger partial charge in [-0.25, -0.2) is 0 Å². The Hall–Kier alpha value is -3.38. The highest BCUT2D eigenvalue weighted by molar-refractivity contribution is 6.02. The minimum absolute atomic E-state index is 0.0476. The van der Waals surface area contributed by atoms with Gasteiger partial charge >= 0.3 is 0 Å². The maximum absolute atomic E-state index is 12.6. The standard InChI is InChI=1S/C28H32N4O2/c1-18(2)11-13-30-28(33)22-8-10-26-25(16-22)27(32-31-26)21-6-5-20-15-24(9-7-19(20)14-21)34-17-23-4-3-12-29-23/h5-10,14-16,18,23,29H,3-4,11-13,17H2,1-2H3,(H,30,33)(H,31,32)/t23-/m0/s1. The molecule has 1 saturated heterocycles. The van der Waals surface area contributed by atoms with E-state index in [-0.39, 0.29) is 5.91 Å². The summed E-state index contributed by atoms with van der Waals surface area (Å²) in [7, 11) is 0. The summed E-state index contributed by atoms with van der Waals surface area (Å²) >= 11 is 0. The average Bonchev–Trinajstić information content (AvgIpc) is 3.51. The van der Waals surface area contributed by atoms with Gasteiger partial charge in [0.2, 0.25) is 0 Å². The van der Waals surface area contributed by atoms with Crippen LogP contribution in [0.15, 0.2) is 54.6 Å². The molecule has 1 aromatic heterocycles. The van der Waals surface area contributed by atoms with Crippen molar-refractivity contribution in [3.63, 3.8) is 0 Å². The summed E-state index contributed by atoms with van der Waals surface area (Å²) in [5.41, 5.74) is 3.43. The van der Waals surface area contributed by atoms with Crippen molar-refractivity contribution in [2.45, 2.75) is 39.2 Å². The maximum atomic E-state index is 12.6. The van der Waals surface area contributed by atoms with Gasteiger partial charge in [0.1, 0.15) is 12.4 Å². The molecule has 0 saturated carbocycles. The molecule has 1 atom stereocenters. The number of carbonyl (C=O) groups is 1. The highest BCUT2D eigenvalue weighted by Crippen LogP contribution is 2.31. The van der Waals surface area contributed by atoms with Gasteiger partial charge in [-0.05, 0) is 78.9 Å². The molecule has 176 valence electrons. The second-order valence-electron chi connectivity index (χ2n) is 9.60. The molecule has 4 aromatic rings. The van der Waals surface area contributed by atoms with Crippen LogP contribution in [0.3, 0.4) is 0 Å². The molecule has 1 aliphatic heterocycles. The van der Waals surface area contributed by atoms with Crippen molar-refractivity contribution in [3.05, 3.63) is 60.2 Å². The average molecular weight is 457 g/mol. The molecule has 2 heterocycles. The van der Waals surface area contributed by atoms with Crippen molar-refractivity contribution in [3.8, 4) is 17.0 Å². The number of hydrogen-bond acceptors (Lipinski definition) is 4. The summed E-state index contributed by atoms with van der Waals surface area (Å²) in [5, 5.41) is 17.4. The lowest BCUT2D eigenvalue weighted by molar-refractivity contribution is 0.0952. The number of nitrogens with one attached hydrogen (secondary N) is 3. The quantitative estimate of drug-likeness (QED) is 0.337. The van der Waals surface area contributed by atoms with Crippen LogP contribution in [-0.4, -0.2) is 41.8 Å². The Morgan fingerprint density at radius 2 is 1.97 bits per heavy atom. The zero-order valence-corrected chi connectivity index (χ0v) is 19.9. The Kier molecular flexibility index (Phi) is 6.50. The van der Waals surface area contributed by atoms with E-state index in [0.717, 1.165) is 51.6 Å². The maximum Gasteiger partial charge on any atom is 0.251 e. The van der Waals surface area contributed by atoms with E-state index in [0.29, 0.717) is 30.7 Å². The number of benzene rings is 3. The molecule has 34 heavy (non-hydrogen) atoms. The summed E-state index contributed by atoms with van der Waals surface area (Å²) in [6, 6.07) is 18.7. The Balaban J connectivity index is 1.36. The van der Waals surface area contributed by atoms with Gasteiger partial charge < -0.3 is 15.4 Å². The number of rotatable bonds is 8. The van der Waals surface area contributed by atoms with Crippen molar-refractivity contribution in [1.82, 2.24) is 20.8 Å². The minimum atomic E-state index is -0.0476. The molecule has 6 nitrogen and oxygen atoms in total. The van der Waals surface area contributed by atoms with Crippen LogP contribution in [0, 0.1) is 5.92 Å². The van der Waals surface area contributed by atoms with Crippen LogP contribution in [0.5, 0.6) is 5.75 Å². The van der Waals surface area contributed by atoms with Gasteiger partial charge in [0.15, 0.2) is 0 Å². The third-order valence-corrected chi connectivity index (χ3v) is 6.53. The lowest BCUT2D eigenvalue weighted by atomic mass is 10.0. The molecule has 1 amide bonds. The SMILES string of the molecule is CC(C)CCNC(=O)c1ccc2[nH]nc(-c3ccc4cc(OC[C@@H]5CCCN5)ccc4c3)c2c1. The normalized spacial score (nSPS) is 15.9. The summed E-state index contributed by atoms with van der Waals surface area (Å²) in [5.74, 6) is 1.41. The number of nitrogens with zero attached hydrogens (tertiary/aromatic N) is 1. The second kappa shape index (κ2) is 9.85. The summed E-state index contributed by atoms with van der Waals surface area (Å²) in [4.78, 5) is 12.6. The molecule has 5 rings (SSSR count). The molecule has 0 aliphatic carbocycles. The topological polar surface area (TPSA) is 79.0 Å². The molecule has 6 heteroatoms. The van der Waals surface area contributed by atoms with Gasteiger partial charge in [-0.15, -0.1) is 0 Å². The number of hydrogen-bond donors (Lipinski definition) is 3. The molecule has 0 radical (unpaired) electrons. The number of H-pyrrole nitrogens is 1. The number of ether oxygens (including phenoxy) is 1. The molecule has 0 bridgehead atoms. The molecule has 0 unspecified atom stereocenters. The number of aromatic nitrogens is 2. The zero-order chi connectivity index (χ0) is 23.5. The van der Waals surface area contributed by atoms with Gasteiger partial charge in [-0.1, -0.05) is 32.0 Å². The van der Waals surface area contributed by atoms with Crippen molar-refractivity contribution in [2.75, 3.05) is 19.7 Å². The van der Waals surface area contributed by atoms with Crippen LogP contribution in [0.1, 0.15) is 43.5 Å². The van der Waals surface area contributed by atoms with E-state index < -0.39 is 0 Å². The lowest BCUT2D eigenvalue weighted by Crippen LogP contribution is -2.28. The molecule has 0 spiro atoms. The van der Waals surface area contributed by atoms with E-state index >= 15 is 0 Å². The Morgan fingerprint density at radius 1 is 1.12 bits per heavy atom. The molecule has 3 N–H and O–H groups in total. The van der Waals surface area contributed by atoms with Gasteiger partial charge in [0.25, 0.3) is 5.91 Å². The van der Waals surface area contributed by atoms with Crippen molar-refractivity contribution in [1.29, 1.82) is 0 Å². The van der Waals surface area contributed by atoms with Gasteiger partial charge in [0.05, 0.1) is 11.2 Å². The predicted molar refractivity (Wildman–Crippen MR) is 137 cm³/mol. The van der Waals surface area contributed by atoms with E-state index in [9.17, 15) is 4.79 Å². The fourth-order valence-corrected chi connectivity index (χ4v) is 4.51. The highest BCUT2D eigenvalue weighted by atomic mass is 16.5. The van der Waals surface area contributed by atoms with E-state index in [1.165, 1.54) is 12.8 Å². The minimum Gasteiger partial charge on any atom is -0.492 e. The Morgan fingerprint density at radius 3 is 2.79 bits per heavy atom. The van der Waals surface area contributed by atoms with Crippen molar-refractivity contribution in [2.24, 2.45) is 5.92 Å². The van der Waals surface area contributed by atoms with Gasteiger partial charge in [0, 0.05) is 29.1 Å². The number of aromatic amines is 1. The van der Waals surface area contributed by atoms with Crippen molar-refractivity contribution >= 4 is 27.6 Å². The van der Waals surface area contributed by atoms with Crippen molar-refractivity contribution < 1.29 is 9.53 Å². The third-order valence-electron chi connectivity index (χ3n) is 6.53. The van der Waals surface area contributed by atoms with Gasteiger partial charge in [-0.2, -0.15) is 5.10 Å². The predicted octanol–water partition coefficient (Wildman–Crippen LogP) is 5.29. The first kappa shape index (κ1) is 22.4. The Bertz CT molecular complexity index is 1300. The zero-order valence-electron chi connectivity index (χ0n) is 19.9. The molecule has 1 fully saturated rings. The third kappa shape index (κ3) is 4.92. The van der Waals surface area contributed by atoms with E-state index in [1.54, 1.807) is 0 Å². The Labute approximate surface area is 200 Å². The van der Waals surface area contributed by atoms with Crippen LogP contribution < -0.4 is 15.4 Å². The molecule has 3 aromatic carbocycles. The van der Waals surface area contributed by atoms with Crippen LogP contribution in [0.25, 0.3) is 32.9 Å². The lowest BCUT2D eigenvalue weighted by Gasteiger charge is -2.12. The highest BCUT2D eigenvalue weighted by Gasteiger charge is 2.15. The van der Waals surface area contributed by atoms with E-state index in [2.05, 4.69) is 65.0 Å². The van der Waals surface area contributed by atoms with Gasteiger partial charge in [-0.3, -0.25) is 9.89 Å². The van der Waals surface area contributed by atoms with Crippen LogP contribution >= 0.6 is 0 Å². The van der Waals surface area contributed by atoms with Crippen LogP contribution in [-0.2, 0) is 0 Å². The monoisotopic (exact) mass is 456 g/mol. The first-order valence-electron chi connectivity index (χ1n) is 12.2. The molecular formula is C28H32N4O2. The first-order chi connectivity index (χ1) is 16.6. The number of amides is 1. The fourth-order valence-electron chi connectivity index (χ4n) is 4.51. The number of carbonyl (C=O) groups excluding carboxylic acids is 1. The second-order valence-corrected chi connectivity index (χ2v) is 9.60. The molecular weight excluding hydrogens is 424 g/mol. The first-order valence-corrected chi connectivity index (χ1v) is 12.2. The smallest absolute Gasteiger partial charge is 0.251 e. The van der Waals surface area contributed by atoms with E-state index in [4.69, 9.17) is 4.74 Å². The summed E-state index contributed by atoms with van der Waals surface area (Å²) in [6.07, 6.45) is 3.36. The molecule has 1 aliphatic rings.